The molecule has 168 valence electrons. The first-order valence-electron chi connectivity index (χ1n) is 11.1. The SMILES string of the molecule is CCOc1cc(/C=C(\C#N)C(=O)N2CCCC2)cc(I)c1OCc1cccc2ccccc12. The van der Waals surface area contributed by atoms with Crippen LogP contribution in [0.4, 0.5) is 0 Å². The van der Waals surface area contributed by atoms with E-state index in [0.717, 1.165) is 32.9 Å². The minimum atomic E-state index is -0.209. The van der Waals surface area contributed by atoms with E-state index < -0.39 is 0 Å². The Bertz CT molecular complexity index is 1230. The minimum Gasteiger partial charge on any atom is -0.490 e. The molecule has 1 aliphatic heterocycles. The number of carbonyl (C=O) groups excluding carboxylic acids is 1. The summed E-state index contributed by atoms with van der Waals surface area (Å²) in [4.78, 5) is 14.4. The quantitative estimate of drug-likeness (QED) is 0.207. The van der Waals surface area contributed by atoms with Gasteiger partial charge < -0.3 is 14.4 Å². The first-order valence-corrected chi connectivity index (χ1v) is 12.2. The number of amides is 1. The summed E-state index contributed by atoms with van der Waals surface area (Å²) in [5, 5.41) is 11.9. The molecule has 3 aromatic rings. The molecule has 1 saturated heterocycles. The third-order valence-corrected chi connectivity index (χ3v) is 6.44. The molecule has 33 heavy (non-hydrogen) atoms. The smallest absolute Gasteiger partial charge is 0.264 e. The normalized spacial score (nSPS) is 13.7. The molecule has 0 saturated carbocycles. The lowest BCUT2D eigenvalue weighted by Gasteiger charge is -2.16. The number of nitrogens with zero attached hydrogens (tertiary/aromatic N) is 2. The van der Waals surface area contributed by atoms with Gasteiger partial charge in [-0.3, -0.25) is 4.79 Å². The third-order valence-electron chi connectivity index (χ3n) is 5.64. The molecule has 1 heterocycles. The molecule has 0 aliphatic carbocycles. The van der Waals surface area contributed by atoms with Crippen molar-refractivity contribution in [2.24, 2.45) is 0 Å². The summed E-state index contributed by atoms with van der Waals surface area (Å²) < 4.78 is 13.0. The Labute approximate surface area is 207 Å². The highest BCUT2D eigenvalue weighted by molar-refractivity contribution is 14.1. The lowest BCUT2D eigenvalue weighted by atomic mass is 10.1. The Kier molecular flexibility index (Phi) is 7.50. The predicted molar refractivity (Wildman–Crippen MR) is 138 cm³/mol. The monoisotopic (exact) mass is 552 g/mol. The number of rotatable bonds is 7. The maximum absolute atomic E-state index is 12.7. The van der Waals surface area contributed by atoms with E-state index in [1.165, 1.54) is 5.39 Å². The van der Waals surface area contributed by atoms with Crippen LogP contribution in [0.3, 0.4) is 0 Å². The van der Waals surface area contributed by atoms with Gasteiger partial charge in [0.15, 0.2) is 11.5 Å². The van der Waals surface area contributed by atoms with Crippen molar-refractivity contribution in [2.75, 3.05) is 19.7 Å². The Morgan fingerprint density at radius 3 is 2.64 bits per heavy atom. The number of hydrogen-bond donors (Lipinski definition) is 0. The zero-order valence-corrected chi connectivity index (χ0v) is 20.7. The first-order chi connectivity index (χ1) is 16.1. The van der Waals surface area contributed by atoms with Crippen LogP contribution in [0.1, 0.15) is 30.9 Å². The Morgan fingerprint density at radius 2 is 1.88 bits per heavy atom. The van der Waals surface area contributed by atoms with Gasteiger partial charge in [0, 0.05) is 13.1 Å². The molecular formula is C27H25IN2O3. The number of halogens is 1. The van der Waals surface area contributed by atoms with E-state index >= 15 is 0 Å². The van der Waals surface area contributed by atoms with Gasteiger partial charge in [-0.2, -0.15) is 5.26 Å². The molecule has 1 fully saturated rings. The van der Waals surface area contributed by atoms with E-state index in [4.69, 9.17) is 9.47 Å². The molecule has 0 N–H and O–H groups in total. The maximum Gasteiger partial charge on any atom is 0.264 e. The summed E-state index contributed by atoms with van der Waals surface area (Å²) in [5.41, 5.74) is 1.97. The number of hydrogen-bond acceptors (Lipinski definition) is 4. The first kappa shape index (κ1) is 23.1. The fourth-order valence-corrected chi connectivity index (χ4v) is 4.82. The highest BCUT2D eigenvalue weighted by Gasteiger charge is 2.22. The number of likely N-dealkylation sites (tertiary alicyclic amines) is 1. The molecule has 6 heteroatoms. The second-order valence-electron chi connectivity index (χ2n) is 7.86. The summed E-state index contributed by atoms with van der Waals surface area (Å²) in [6.07, 6.45) is 3.61. The van der Waals surface area contributed by atoms with Crippen LogP contribution in [0, 0.1) is 14.9 Å². The highest BCUT2D eigenvalue weighted by Crippen LogP contribution is 2.36. The molecule has 0 bridgehead atoms. The second kappa shape index (κ2) is 10.7. The Hall–Kier alpha value is -3.05. The predicted octanol–water partition coefficient (Wildman–Crippen LogP) is 5.95. The summed E-state index contributed by atoms with van der Waals surface area (Å²) in [7, 11) is 0. The summed E-state index contributed by atoms with van der Waals surface area (Å²) in [6.45, 7) is 4.22. The van der Waals surface area contributed by atoms with Crippen LogP contribution in [0.25, 0.3) is 16.8 Å². The fourth-order valence-electron chi connectivity index (χ4n) is 4.04. The average Bonchev–Trinajstić information content (AvgIpc) is 3.37. The molecule has 5 nitrogen and oxygen atoms in total. The van der Waals surface area contributed by atoms with Crippen molar-refractivity contribution >= 4 is 45.3 Å². The van der Waals surface area contributed by atoms with Crippen LogP contribution in [-0.4, -0.2) is 30.5 Å². The summed E-state index contributed by atoms with van der Waals surface area (Å²) in [6, 6.07) is 20.2. The largest absolute Gasteiger partial charge is 0.490 e. The number of benzene rings is 3. The van der Waals surface area contributed by atoms with Gasteiger partial charge in [-0.15, -0.1) is 0 Å². The molecule has 0 atom stereocenters. The van der Waals surface area contributed by atoms with Crippen LogP contribution in [0.2, 0.25) is 0 Å². The maximum atomic E-state index is 12.7. The Morgan fingerprint density at radius 1 is 1.12 bits per heavy atom. The molecule has 0 radical (unpaired) electrons. The average molecular weight is 552 g/mol. The molecule has 3 aromatic carbocycles. The molecule has 1 aliphatic rings. The van der Waals surface area contributed by atoms with Crippen molar-refractivity contribution in [3.63, 3.8) is 0 Å². The van der Waals surface area contributed by atoms with Gasteiger partial charge in [0.2, 0.25) is 0 Å². The lowest BCUT2D eigenvalue weighted by Crippen LogP contribution is -2.28. The van der Waals surface area contributed by atoms with Crippen molar-refractivity contribution in [3.8, 4) is 17.6 Å². The van der Waals surface area contributed by atoms with Crippen molar-refractivity contribution in [3.05, 3.63) is 74.9 Å². The van der Waals surface area contributed by atoms with E-state index in [0.29, 0.717) is 37.8 Å². The van der Waals surface area contributed by atoms with Gasteiger partial charge in [0.05, 0.1) is 10.2 Å². The molecule has 0 spiro atoms. The van der Waals surface area contributed by atoms with Crippen LogP contribution < -0.4 is 9.47 Å². The standard InChI is InChI=1S/C27H25IN2O3/c1-2-32-25-16-19(14-22(17-29)27(31)30-12-5-6-13-30)15-24(28)26(25)33-18-21-10-7-9-20-8-3-4-11-23(20)21/h3-4,7-11,14-16H,2,5-6,12-13,18H2,1H3/b22-14+. The highest BCUT2D eigenvalue weighted by atomic mass is 127. The minimum absolute atomic E-state index is 0.138. The third kappa shape index (κ3) is 5.31. The van der Waals surface area contributed by atoms with Crippen LogP contribution in [0.5, 0.6) is 11.5 Å². The van der Waals surface area contributed by atoms with Gasteiger partial charge in [-0.25, -0.2) is 0 Å². The number of carbonyl (C=O) groups is 1. The van der Waals surface area contributed by atoms with E-state index in [1.54, 1.807) is 11.0 Å². The van der Waals surface area contributed by atoms with Crippen molar-refractivity contribution < 1.29 is 14.3 Å². The number of ether oxygens (including phenoxy) is 2. The zero-order valence-electron chi connectivity index (χ0n) is 18.5. The summed E-state index contributed by atoms with van der Waals surface area (Å²) >= 11 is 2.21. The van der Waals surface area contributed by atoms with Gasteiger partial charge in [-0.05, 0) is 82.5 Å². The van der Waals surface area contributed by atoms with Crippen molar-refractivity contribution in [2.45, 2.75) is 26.4 Å². The second-order valence-corrected chi connectivity index (χ2v) is 9.02. The fraction of sp³-hybridized carbons (Fsp3) is 0.259. The van der Waals surface area contributed by atoms with Crippen molar-refractivity contribution in [1.29, 1.82) is 5.26 Å². The van der Waals surface area contributed by atoms with Crippen molar-refractivity contribution in [1.82, 2.24) is 4.90 Å². The molecule has 0 unspecified atom stereocenters. The zero-order chi connectivity index (χ0) is 23.2. The van der Waals surface area contributed by atoms with E-state index in [9.17, 15) is 10.1 Å². The molecule has 1 amide bonds. The topological polar surface area (TPSA) is 62.6 Å². The van der Waals surface area contributed by atoms with Gasteiger partial charge in [0.1, 0.15) is 18.2 Å². The van der Waals surface area contributed by atoms with E-state index in [-0.39, 0.29) is 11.5 Å². The van der Waals surface area contributed by atoms with E-state index in [1.807, 2.05) is 37.3 Å². The molecule has 4 rings (SSSR count). The van der Waals surface area contributed by atoms with Crippen LogP contribution in [-0.2, 0) is 11.4 Å². The van der Waals surface area contributed by atoms with Crippen LogP contribution >= 0.6 is 22.6 Å². The number of fused-ring (bicyclic) bond motifs is 1. The van der Waals surface area contributed by atoms with Gasteiger partial charge >= 0.3 is 0 Å². The summed E-state index contributed by atoms with van der Waals surface area (Å²) in [5.74, 6) is 1.05. The Balaban J connectivity index is 1.61. The van der Waals surface area contributed by atoms with Crippen LogP contribution in [0.15, 0.2) is 60.2 Å². The van der Waals surface area contributed by atoms with E-state index in [2.05, 4.69) is 52.9 Å². The molecular weight excluding hydrogens is 527 g/mol. The lowest BCUT2D eigenvalue weighted by molar-refractivity contribution is -0.125. The van der Waals surface area contributed by atoms with Gasteiger partial charge in [0.25, 0.3) is 5.91 Å². The van der Waals surface area contributed by atoms with Gasteiger partial charge in [-0.1, -0.05) is 42.5 Å². The molecule has 0 aromatic heterocycles. The number of nitriles is 1.